The molecule has 0 saturated heterocycles. The Labute approximate surface area is 86.6 Å². The molecule has 0 aliphatic carbocycles. The molecular formula is C6H12ClF2NO3S. The highest BCUT2D eigenvalue weighted by atomic mass is 35.5. The summed E-state index contributed by atoms with van der Waals surface area (Å²) >= 11 is 5.64. The van der Waals surface area contributed by atoms with Gasteiger partial charge in [-0.05, 0) is 6.42 Å². The van der Waals surface area contributed by atoms with Gasteiger partial charge in [0.25, 0.3) is 10.0 Å². The van der Waals surface area contributed by atoms with Crippen LogP contribution in [-0.4, -0.2) is 39.8 Å². The van der Waals surface area contributed by atoms with E-state index in [4.69, 9.17) is 11.6 Å². The SMILES string of the molecule is COCC(Cl)CCNS(=O)(=O)C(F)F. The third-order valence-corrected chi connectivity index (χ3v) is 2.76. The Hall–Kier alpha value is 0.0200. The van der Waals surface area contributed by atoms with Crippen molar-refractivity contribution in [3.8, 4) is 0 Å². The molecule has 0 rings (SSSR count). The van der Waals surface area contributed by atoms with E-state index in [1.54, 1.807) is 4.72 Å². The Morgan fingerprint density at radius 3 is 2.50 bits per heavy atom. The molecule has 8 heteroatoms. The summed E-state index contributed by atoms with van der Waals surface area (Å²) < 4.78 is 51.0. The minimum absolute atomic E-state index is 0.121. The van der Waals surface area contributed by atoms with E-state index >= 15 is 0 Å². The number of ether oxygens (including phenoxy) is 1. The van der Waals surface area contributed by atoms with Gasteiger partial charge in [-0.15, -0.1) is 11.6 Å². The van der Waals surface area contributed by atoms with E-state index < -0.39 is 15.8 Å². The van der Waals surface area contributed by atoms with E-state index in [2.05, 4.69) is 4.74 Å². The number of hydrogen-bond acceptors (Lipinski definition) is 3. The average Bonchev–Trinajstić information content (AvgIpc) is 2.04. The third kappa shape index (κ3) is 5.69. The fourth-order valence-corrected chi connectivity index (χ4v) is 1.45. The van der Waals surface area contributed by atoms with Crippen molar-refractivity contribution in [3.05, 3.63) is 0 Å². The molecule has 1 N–H and O–H groups in total. The predicted molar refractivity (Wildman–Crippen MR) is 49.1 cm³/mol. The Kier molecular flexibility index (Phi) is 6.50. The van der Waals surface area contributed by atoms with Gasteiger partial charge in [-0.3, -0.25) is 0 Å². The van der Waals surface area contributed by atoms with Crippen molar-refractivity contribution in [3.63, 3.8) is 0 Å². The Bertz CT molecular complexity index is 247. The third-order valence-electron chi connectivity index (χ3n) is 1.34. The van der Waals surface area contributed by atoms with Gasteiger partial charge in [-0.2, -0.15) is 8.78 Å². The summed E-state index contributed by atoms with van der Waals surface area (Å²) in [7, 11) is -3.05. The molecule has 0 fully saturated rings. The molecule has 4 nitrogen and oxygen atoms in total. The molecule has 0 aliphatic rings. The van der Waals surface area contributed by atoms with Crippen molar-refractivity contribution in [2.45, 2.75) is 17.6 Å². The zero-order chi connectivity index (χ0) is 11.2. The largest absolute Gasteiger partial charge is 0.383 e. The molecule has 0 spiro atoms. The first-order chi connectivity index (χ1) is 6.40. The molecule has 0 amide bonds. The summed E-state index contributed by atoms with van der Waals surface area (Å²) in [4.78, 5) is 0. The molecule has 0 saturated carbocycles. The maximum absolute atomic E-state index is 11.8. The van der Waals surface area contributed by atoms with Crippen LogP contribution < -0.4 is 4.72 Å². The first kappa shape index (κ1) is 14.0. The van der Waals surface area contributed by atoms with Crippen molar-refractivity contribution >= 4 is 21.6 Å². The highest BCUT2D eigenvalue weighted by molar-refractivity contribution is 7.89. The molecule has 0 aromatic heterocycles. The first-order valence-electron chi connectivity index (χ1n) is 3.79. The van der Waals surface area contributed by atoms with Crippen LogP contribution in [0.3, 0.4) is 0 Å². The second-order valence-electron chi connectivity index (χ2n) is 2.54. The van der Waals surface area contributed by atoms with Crippen LogP contribution in [-0.2, 0) is 14.8 Å². The van der Waals surface area contributed by atoms with Crippen LogP contribution in [0.15, 0.2) is 0 Å². The average molecular weight is 252 g/mol. The molecule has 0 radical (unpaired) electrons. The van der Waals surface area contributed by atoms with E-state index in [-0.39, 0.29) is 24.9 Å². The van der Waals surface area contributed by atoms with Crippen LogP contribution >= 0.6 is 11.6 Å². The lowest BCUT2D eigenvalue weighted by atomic mass is 10.3. The summed E-state index contributed by atoms with van der Waals surface area (Å²) in [6.45, 7) is 0.127. The van der Waals surface area contributed by atoms with Gasteiger partial charge in [0.05, 0.1) is 12.0 Å². The summed E-state index contributed by atoms with van der Waals surface area (Å²) in [5.41, 5.74) is 0. The number of halogens is 3. The van der Waals surface area contributed by atoms with Crippen molar-refractivity contribution < 1.29 is 21.9 Å². The van der Waals surface area contributed by atoms with Crippen molar-refractivity contribution in [2.75, 3.05) is 20.3 Å². The first-order valence-corrected chi connectivity index (χ1v) is 5.78. The molecule has 86 valence electrons. The topological polar surface area (TPSA) is 55.4 Å². The maximum atomic E-state index is 11.8. The zero-order valence-electron chi connectivity index (χ0n) is 7.54. The molecule has 0 aromatic carbocycles. The van der Waals surface area contributed by atoms with Crippen molar-refractivity contribution in [1.82, 2.24) is 4.72 Å². The standard InChI is InChI=1S/C6H12ClF2NO3S/c1-13-4-5(7)2-3-10-14(11,12)6(8)9/h5-6,10H,2-4H2,1H3. The number of hydrogen-bond donors (Lipinski definition) is 1. The molecule has 0 aliphatic heterocycles. The van der Waals surface area contributed by atoms with Gasteiger partial charge in [0, 0.05) is 13.7 Å². The van der Waals surface area contributed by atoms with Crippen LogP contribution in [0.5, 0.6) is 0 Å². The van der Waals surface area contributed by atoms with Gasteiger partial charge in [0.1, 0.15) is 0 Å². The predicted octanol–water partition coefficient (Wildman–Crippen LogP) is 0.772. The van der Waals surface area contributed by atoms with E-state index in [1.165, 1.54) is 7.11 Å². The van der Waals surface area contributed by atoms with Crippen LogP contribution in [0.25, 0.3) is 0 Å². The summed E-state index contributed by atoms with van der Waals surface area (Å²) in [6.07, 6.45) is 0.237. The minimum atomic E-state index is -4.49. The summed E-state index contributed by atoms with van der Waals surface area (Å²) in [5, 5.41) is -0.389. The van der Waals surface area contributed by atoms with Crippen molar-refractivity contribution in [1.29, 1.82) is 0 Å². The van der Waals surface area contributed by atoms with E-state index in [1.807, 2.05) is 0 Å². The smallest absolute Gasteiger partial charge is 0.350 e. The lowest BCUT2D eigenvalue weighted by Crippen LogP contribution is -2.31. The fourth-order valence-electron chi connectivity index (χ4n) is 0.685. The number of sulfonamides is 1. The molecule has 1 unspecified atom stereocenters. The van der Waals surface area contributed by atoms with Gasteiger partial charge in [0.15, 0.2) is 0 Å². The van der Waals surface area contributed by atoms with Crippen LogP contribution in [0.1, 0.15) is 6.42 Å². The molecule has 0 bridgehead atoms. The maximum Gasteiger partial charge on any atom is 0.350 e. The van der Waals surface area contributed by atoms with Gasteiger partial charge >= 0.3 is 5.76 Å². The van der Waals surface area contributed by atoms with E-state index in [0.29, 0.717) is 0 Å². The van der Waals surface area contributed by atoms with E-state index in [0.717, 1.165) is 0 Å². The second-order valence-corrected chi connectivity index (χ2v) is 4.89. The second kappa shape index (κ2) is 6.49. The van der Waals surface area contributed by atoms with Crippen LogP contribution in [0, 0.1) is 0 Å². The Balaban J connectivity index is 3.74. The Morgan fingerprint density at radius 2 is 2.07 bits per heavy atom. The Morgan fingerprint density at radius 1 is 1.50 bits per heavy atom. The lowest BCUT2D eigenvalue weighted by Gasteiger charge is -2.08. The van der Waals surface area contributed by atoms with Gasteiger partial charge < -0.3 is 4.74 Å². The number of nitrogens with one attached hydrogen (secondary N) is 1. The lowest BCUT2D eigenvalue weighted by molar-refractivity contribution is 0.195. The van der Waals surface area contributed by atoms with Gasteiger partial charge in [-0.1, -0.05) is 0 Å². The number of rotatable bonds is 7. The zero-order valence-corrected chi connectivity index (χ0v) is 9.12. The van der Waals surface area contributed by atoms with Crippen LogP contribution in [0.4, 0.5) is 8.78 Å². The molecular weight excluding hydrogens is 240 g/mol. The molecule has 14 heavy (non-hydrogen) atoms. The van der Waals surface area contributed by atoms with Gasteiger partial charge in [-0.25, -0.2) is 13.1 Å². The molecule has 0 aromatic rings. The highest BCUT2D eigenvalue weighted by Crippen LogP contribution is 2.04. The normalized spacial score (nSPS) is 14.6. The number of alkyl halides is 3. The molecule has 0 heterocycles. The summed E-state index contributed by atoms with van der Waals surface area (Å²) in [5.74, 6) is -3.40. The van der Waals surface area contributed by atoms with E-state index in [9.17, 15) is 17.2 Å². The van der Waals surface area contributed by atoms with Gasteiger partial charge in [0.2, 0.25) is 0 Å². The minimum Gasteiger partial charge on any atom is -0.383 e. The van der Waals surface area contributed by atoms with Crippen LogP contribution in [0.2, 0.25) is 0 Å². The summed E-state index contributed by atoms with van der Waals surface area (Å²) in [6, 6.07) is 0. The quantitative estimate of drug-likeness (QED) is 0.680. The van der Waals surface area contributed by atoms with Crippen molar-refractivity contribution in [2.24, 2.45) is 0 Å². The number of methoxy groups -OCH3 is 1. The monoisotopic (exact) mass is 251 g/mol. The highest BCUT2D eigenvalue weighted by Gasteiger charge is 2.22. The fraction of sp³-hybridized carbons (Fsp3) is 1.00. The molecule has 1 atom stereocenters.